The van der Waals surface area contributed by atoms with Crippen molar-refractivity contribution in [2.45, 2.75) is 70.4 Å². The lowest BCUT2D eigenvalue weighted by Crippen LogP contribution is -2.51. The minimum atomic E-state index is 0.0875. The smallest absolute Gasteiger partial charge is 0.234 e. The molecule has 1 saturated carbocycles. The van der Waals surface area contributed by atoms with Crippen molar-refractivity contribution in [3.05, 3.63) is 34.9 Å². The molecule has 0 spiro atoms. The molecule has 1 N–H and O–H groups in total. The van der Waals surface area contributed by atoms with Crippen molar-refractivity contribution in [1.82, 2.24) is 15.1 Å². The van der Waals surface area contributed by atoms with Crippen LogP contribution in [0.3, 0.4) is 0 Å². The van der Waals surface area contributed by atoms with Gasteiger partial charge in [-0.15, -0.1) is 0 Å². The van der Waals surface area contributed by atoms with Crippen LogP contribution < -0.4 is 5.32 Å². The summed E-state index contributed by atoms with van der Waals surface area (Å²) in [4.78, 5) is 17.5. The van der Waals surface area contributed by atoms with E-state index in [-0.39, 0.29) is 11.9 Å². The molecular weight excluding hydrogens is 334 g/mol. The predicted molar refractivity (Wildman–Crippen MR) is 110 cm³/mol. The number of hydrogen-bond donors (Lipinski definition) is 1. The lowest BCUT2D eigenvalue weighted by Gasteiger charge is -2.37. The van der Waals surface area contributed by atoms with Crippen LogP contribution in [0.5, 0.6) is 0 Å². The molecule has 148 valence electrons. The average molecular weight is 370 g/mol. The summed E-state index contributed by atoms with van der Waals surface area (Å²) in [5.74, 6) is 0.162. The quantitative estimate of drug-likeness (QED) is 0.865. The zero-order chi connectivity index (χ0) is 18.6. The zero-order valence-corrected chi connectivity index (χ0v) is 16.9. The first-order chi connectivity index (χ1) is 13.2. The molecule has 4 rings (SSSR count). The number of nitrogens with one attached hydrogen (secondary N) is 1. The molecule has 4 heteroatoms. The van der Waals surface area contributed by atoms with Crippen molar-refractivity contribution in [2.75, 3.05) is 32.7 Å². The largest absolute Gasteiger partial charge is 0.348 e. The van der Waals surface area contributed by atoms with Crippen molar-refractivity contribution in [2.24, 2.45) is 0 Å². The first-order valence-corrected chi connectivity index (χ1v) is 11.1. The van der Waals surface area contributed by atoms with E-state index in [4.69, 9.17) is 0 Å². The van der Waals surface area contributed by atoms with E-state index in [2.05, 4.69) is 40.2 Å². The van der Waals surface area contributed by atoms with Crippen LogP contribution in [-0.4, -0.2) is 54.5 Å². The second-order valence-electron chi connectivity index (χ2n) is 8.77. The first kappa shape index (κ1) is 18.9. The summed E-state index contributed by atoms with van der Waals surface area (Å²) >= 11 is 0. The number of rotatable bonds is 5. The molecule has 0 aromatic heterocycles. The molecule has 1 heterocycles. The highest BCUT2D eigenvalue weighted by atomic mass is 16.2. The SMILES string of the molecule is CC(NC(=O)CN1CCN(C2CCCC2)CC1)c1ccc2c(c1)CCCC2. The summed E-state index contributed by atoms with van der Waals surface area (Å²) in [6.45, 7) is 6.94. The minimum Gasteiger partial charge on any atom is -0.348 e. The fourth-order valence-electron chi connectivity index (χ4n) is 5.15. The van der Waals surface area contributed by atoms with Crippen LogP contribution in [0.2, 0.25) is 0 Å². The van der Waals surface area contributed by atoms with Gasteiger partial charge < -0.3 is 5.32 Å². The molecule has 1 aromatic carbocycles. The Morgan fingerprint density at radius 1 is 1.04 bits per heavy atom. The first-order valence-electron chi connectivity index (χ1n) is 11.1. The van der Waals surface area contributed by atoms with Gasteiger partial charge in [0.05, 0.1) is 12.6 Å². The summed E-state index contributed by atoms with van der Waals surface area (Å²) in [6.07, 6.45) is 10.5. The van der Waals surface area contributed by atoms with E-state index in [0.29, 0.717) is 6.54 Å². The lowest BCUT2D eigenvalue weighted by atomic mass is 9.89. The number of carbonyl (C=O) groups excluding carboxylic acids is 1. The molecule has 3 aliphatic rings. The zero-order valence-electron chi connectivity index (χ0n) is 16.9. The molecule has 1 aromatic rings. The highest BCUT2D eigenvalue weighted by Gasteiger charge is 2.27. The number of aryl methyl sites for hydroxylation is 2. The molecule has 1 amide bonds. The third kappa shape index (κ3) is 4.72. The van der Waals surface area contributed by atoms with Gasteiger partial charge in [-0.1, -0.05) is 31.0 Å². The summed E-state index contributed by atoms with van der Waals surface area (Å²) < 4.78 is 0. The van der Waals surface area contributed by atoms with E-state index in [1.54, 1.807) is 0 Å². The van der Waals surface area contributed by atoms with E-state index in [0.717, 1.165) is 32.2 Å². The number of benzene rings is 1. The third-order valence-corrected chi connectivity index (χ3v) is 6.87. The summed E-state index contributed by atoms with van der Waals surface area (Å²) in [5.41, 5.74) is 4.24. The van der Waals surface area contributed by atoms with Gasteiger partial charge in [-0.3, -0.25) is 14.6 Å². The van der Waals surface area contributed by atoms with Gasteiger partial charge in [0.2, 0.25) is 5.91 Å². The van der Waals surface area contributed by atoms with Gasteiger partial charge in [0.15, 0.2) is 0 Å². The summed E-state index contributed by atoms with van der Waals surface area (Å²) in [7, 11) is 0. The van der Waals surface area contributed by atoms with Gasteiger partial charge >= 0.3 is 0 Å². The normalized spacial score (nSPS) is 23.1. The van der Waals surface area contributed by atoms with Gasteiger partial charge in [0.25, 0.3) is 0 Å². The Morgan fingerprint density at radius 2 is 1.74 bits per heavy atom. The highest BCUT2D eigenvalue weighted by molar-refractivity contribution is 5.78. The molecule has 1 saturated heterocycles. The molecule has 0 bridgehead atoms. The fraction of sp³-hybridized carbons (Fsp3) is 0.696. The van der Waals surface area contributed by atoms with Crippen LogP contribution in [0.15, 0.2) is 18.2 Å². The topological polar surface area (TPSA) is 35.6 Å². The number of piperazine rings is 1. The second kappa shape index (κ2) is 8.74. The number of nitrogens with zero attached hydrogens (tertiary/aromatic N) is 2. The number of fused-ring (bicyclic) bond motifs is 1. The molecule has 4 nitrogen and oxygen atoms in total. The standard InChI is InChI=1S/C23H35N3O/c1-18(20-11-10-19-6-2-3-7-21(19)16-20)24-23(27)17-25-12-14-26(15-13-25)22-8-4-5-9-22/h10-11,16,18,22H,2-9,12-15,17H2,1H3,(H,24,27). The van der Waals surface area contributed by atoms with E-state index in [9.17, 15) is 4.79 Å². The number of hydrogen-bond acceptors (Lipinski definition) is 3. The molecule has 2 aliphatic carbocycles. The van der Waals surface area contributed by atoms with Crippen LogP contribution >= 0.6 is 0 Å². The fourth-order valence-corrected chi connectivity index (χ4v) is 5.15. The van der Waals surface area contributed by atoms with Gasteiger partial charge in [0.1, 0.15) is 0 Å². The van der Waals surface area contributed by atoms with Crippen molar-refractivity contribution >= 4 is 5.91 Å². The Kier molecular flexibility index (Phi) is 6.14. The third-order valence-electron chi connectivity index (χ3n) is 6.87. The Hall–Kier alpha value is -1.39. The van der Waals surface area contributed by atoms with Gasteiger partial charge in [0, 0.05) is 32.2 Å². The van der Waals surface area contributed by atoms with Crippen LogP contribution in [0.25, 0.3) is 0 Å². The molecule has 0 radical (unpaired) electrons. The van der Waals surface area contributed by atoms with Crippen molar-refractivity contribution in [3.63, 3.8) is 0 Å². The molecule has 2 fully saturated rings. The lowest BCUT2D eigenvalue weighted by molar-refractivity contribution is -0.123. The molecule has 1 unspecified atom stereocenters. The Balaban J connectivity index is 1.24. The van der Waals surface area contributed by atoms with Crippen LogP contribution in [0, 0.1) is 0 Å². The number of amides is 1. The van der Waals surface area contributed by atoms with Gasteiger partial charge in [-0.25, -0.2) is 0 Å². The minimum absolute atomic E-state index is 0.0875. The Bertz CT molecular complexity index is 645. The summed E-state index contributed by atoms with van der Waals surface area (Å²) in [6, 6.07) is 7.69. The monoisotopic (exact) mass is 369 g/mol. The van der Waals surface area contributed by atoms with E-state index < -0.39 is 0 Å². The molecule has 1 aliphatic heterocycles. The summed E-state index contributed by atoms with van der Waals surface area (Å²) in [5, 5.41) is 3.22. The maximum Gasteiger partial charge on any atom is 0.234 e. The van der Waals surface area contributed by atoms with Crippen molar-refractivity contribution in [1.29, 1.82) is 0 Å². The Labute approximate surface area is 164 Å². The van der Waals surface area contributed by atoms with Crippen molar-refractivity contribution in [3.8, 4) is 0 Å². The Morgan fingerprint density at radius 3 is 2.48 bits per heavy atom. The van der Waals surface area contributed by atoms with Gasteiger partial charge in [-0.2, -0.15) is 0 Å². The van der Waals surface area contributed by atoms with Crippen LogP contribution in [0.1, 0.15) is 68.2 Å². The van der Waals surface area contributed by atoms with E-state index in [1.807, 2.05) is 0 Å². The van der Waals surface area contributed by atoms with E-state index >= 15 is 0 Å². The van der Waals surface area contributed by atoms with E-state index in [1.165, 1.54) is 68.1 Å². The maximum absolute atomic E-state index is 12.6. The van der Waals surface area contributed by atoms with Gasteiger partial charge in [-0.05, 0) is 62.1 Å². The molecule has 27 heavy (non-hydrogen) atoms. The second-order valence-corrected chi connectivity index (χ2v) is 8.77. The molecule has 1 atom stereocenters. The predicted octanol–water partition coefficient (Wildman–Crippen LogP) is 3.30. The van der Waals surface area contributed by atoms with Crippen LogP contribution in [0.4, 0.5) is 0 Å². The highest BCUT2D eigenvalue weighted by Crippen LogP contribution is 2.25. The van der Waals surface area contributed by atoms with Crippen LogP contribution in [-0.2, 0) is 17.6 Å². The average Bonchev–Trinajstić information content (AvgIpc) is 3.23. The van der Waals surface area contributed by atoms with Crippen molar-refractivity contribution < 1.29 is 4.79 Å². The maximum atomic E-state index is 12.6. The number of carbonyl (C=O) groups is 1. The molecular formula is C23H35N3O.